The van der Waals surface area contributed by atoms with Gasteiger partial charge < -0.3 is 5.32 Å². The van der Waals surface area contributed by atoms with Gasteiger partial charge in [0.2, 0.25) is 0 Å². The van der Waals surface area contributed by atoms with E-state index in [0.717, 1.165) is 18.2 Å². The summed E-state index contributed by atoms with van der Waals surface area (Å²) in [5, 5.41) is 20.8. The van der Waals surface area contributed by atoms with Crippen LogP contribution in [0.25, 0.3) is 21.5 Å². The van der Waals surface area contributed by atoms with E-state index in [2.05, 4.69) is 25.8 Å². The summed E-state index contributed by atoms with van der Waals surface area (Å²) in [7, 11) is -13.9. The molecule has 0 saturated heterocycles. The Kier molecular flexibility index (Phi) is 8.80. The minimum atomic E-state index is -4.68. The molecule has 6 rings (SSSR count). The summed E-state index contributed by atoms with van der Waals surface area (Å²) in [5.41, 5.74) is 1.33. The summed E-state index contributed by atoms with van der Waals surface area (Å²) in [6.07, 6.45) is 0. The Hall–Kier alpha value is -5.43. The van der Waals surface area contributed by atoms with Crippen LogP contribution in [0.2, 0.25) is 0 Å². The first kappa shape index (κ1) is 33.5. The van der Waals surface area contributed by atoms with Crippen LogP contribution in [0.4, 0.5) is 34.1 Å². The SMILES string of the molecule is O=S(=O)(O)c1ccc2c(N=Nc3ccccc3S(=O)(=O)O)ccc(N=Nc3ccc(Nc4ccccc4)c4c(S(=O)(=O)O)cccc34)c2c1. The Morgan fingerprint density at radius 3 is 1.65 bits per heavy atom. The summed E-state index contributed by atoms with van der Waals surface area (Å²) in [6, 6.07) is 28.3. The molecule has 6 aromatic carbocycles. The molecule has 0 atom stereocenters. The third-order valence-corrected chi connectivity index (χ3v) is 9.87. The zero-order chi connectivity index (χ0) is 35.0. The Bertz CT molecular complexity index is 2670. The number of nitrogens with zero attached hydrogens (tertiary/aromatic N) is 4. The lowest BCUT2D eigenvalue weighted by Crippen LogP contribution is -2.01. The highest BCUT2D eigenvalue weighted by Crippen LogP contribution is 2.40. The van der Waals surface area contributed by atoms with Crippen LogP contribution in [0.3, 0.4) is 0 Å². The molecular formula is C32H23N5O9S3. The van der Waals surface area contributed by atoms with Crippen molar-refractivity contribution in [3.63, 3.8) is 0 Å². The highest BCUT2D eigenvalue weighted by molar-refractivity contribution is 7.86. The third-order valence-electron chi connectivity index (χ3n) is 7.22. The van der Waals surface area contributed by atoms with E-state index >= 15 is 0 Å². The Labute approximate surface area is 279 Å². The molecule has 0 aliphatic rings. The van der Waals surface area contributed by atoms with Gasteiger partial charge in [0.15, 0.2) is 0 Å². The van der Waals surface area contributed by atoms with Crippen molar-refractivity contribution in [3.05, 3.63) is 115 Å². The number of anilines is 2. The fourth-order valence-electron chi connectivity index (χ4n) is 5.05. The molecule has 17 heteroatoms. The minimum Gasteiger partial charge on any atom is -0.355 e. The summed E-state index contributed by atoms with van der Waals surface area (Å²) < 4.78 is 102. The maximum atomic E-state index is 12.4. The van der Waals surface area contributed by atoms with E-state index in [9.17, 15) is 38.9 Å². The fraction of sp³-hybridized carbons (Fsp3) is 0. The van der Waals surface area contributed by atoms with Gasteiger partial charge >= 0.3 is 0 Å². The van der Waals surface area contributed by atoms with Crippen molar-refractivity contribution < 1.29 is 38.9 Å². The molecular weight excluding hydrogens is 695 g/mol. The topological polar surface area (TPSA) is 225 Å². The first-order valence-electron chi connectivity index (χ1n) is 14.0. The van der Waals surface area contributed by atoms with Crippen LogP contribution in [0, 0.1) is 0 Å². The molecule has 6 aromatic rings. The molecule has 0 spiro atoms. The Morgan fingerprint density at radius 2 is 1.00 bits per heavy atom. The van der Waals surface area contributed by atoms with Crippen molar-refractivity contribution in [2.24, 2.45) is 20.5 Å². The maximum Gasteiger partial charge on any atom is 0.296 e. The lowest BCUT2D eigenvalue weighted by atomic mass is 10.1. The van der Waals surface area contributed by atoms with E-state index in [1.54, 1.807) is 42.5 Å². The fourth-order valence-corrected chi connectivity index (χ4v) is 6.90. The lowest BCUT2D eigenvalue weighted by Gasteiger charge is -2.14. The zero-order valence-corrected chi connectivity index (χ0v) is 27.2. The van der Waals surface area contributed by atoms with Crippen molar-refractivity contribution in [2.45, 2.75) is 14.7 Å². The molecule has 14 nitrogen and oxygen atoms in total. The van der Waals surface area contributed by atoms with Crippen molar-refractivity contribution in [1.29, 1.82) is 0 Å². The second-order valence-corrected chi connectivity index (χ2v) is 14.6. The number of hydrogen-bond donors (Lipinski definition) is 4. The second kappa shape index (κ2) is 12.9. The van der Waals surface area contributed by atoms with Gasteiger partial charge in [-0.25, -0.2) is 0 Å². The van der Waals surface area contributed by atoms with Crippen molar-refractivity contribution in [1.82, 2.24) is 0 Å². The van der Waals surface area contributed by atoms with E-state index in [1.165, 1.54) is 48.5 Å². The van der Waals surface area contributed by atoms with Crippen LogP contribution < -0.4 is 5.32 Å². The number of azo groups is 2. The van der Waals surface area contributed by atoms with Crippen LogP contribution in [-0.4, -0.2) is 38.9 Å². The smallest absolute Gasteiger partial charge is 0.296 e. The van der Waals surface area contributed by atoms with Gasteiger partial charge in [0.1, 0.15) is 15.5 Å². The van der Waals surface area contributed by atoms with Crippen LogP contribution in [0.5, 0.6) is 0 Å². The largest absolute Gasteiger partial charge is 0.355 e. The van der Waals surface area contributed by atoms with E-state index in [4.69, 9.17) is 0 Å². The van der Waals surface area contributed by atoms with Crippen LogP contribution >= 0.6 is 0 Å². The van der Waals surface area contributed by atoms with Gasteiger partial charge in [0.05, 0.1) is 22.0 Å². The average Bonchev–Trinajstić information content (AvgIpc) is 3.06. The van der Waals surface area contributed by atoms with E-state index in [0.29, 0.717) is 16.8 Å². The first-order valence-corrected chi connectivity index (χ1v) is 18.3. The predicted octanol–water partition coefficient (Wildman–Crippen LogP) is 8.31. The van der Waals surface area contributed by atoms with Crippen molar-refractivity contribution in [3.8, 4) is 0 Å². The minimum absolute atomic E-state index is 0.114. The number of para-hydroxylation sites is 1. The molecule has 4 N–H and O–H groups in total. The third kappa shape index (κ3) is 7.21. The molecule has 0 unspecified atom stereocenters. The van der Waals surface area contributed by atoms with Gasteiger partial charge in [-0.05, 0) is 66.7 Å². The molecule has 0 aliphatic carbocycles. The van der Waals surface area contributed by atoms with Gasteiger partial charge in [-0.3, -0.25) is 13.7 Å². The van der Waals surface area contributed by atoms with Crippen LogP contribution in [0.1, 0.15) is 0 Å². The first-order chi connectivity index (χ1) is 23.2. The second-order valence-electron chi connectivity index (χ2n) is 10.4. The summed E-state index contributed by atoms with van der Waals surface area (Å²) in [5.74, 6) is 0. The average molecular weight is 718 g/mol. The van der Waals surface area contributed by atoms with E-state index in [-0.39, 0.29) is 43.8 Å². The highest BCUT2D eigenvalue weighted by atomic mass is 32.2. The van der Waals surface area contributed by atoms with Gasteiger partial charge in [-0.2, -0.15) is 25.3 Å². The number of hydrogen-bond acceptors (Lipinski definition) is 11. The molecule has 0 aromatic heterocycles. The van der Waals surface area contributed by atoms with Gasteiger partial charge in [-0.1, -0.05) is 48.5 Å². The highest BCUT2D eigenvalue weighted by Gasteiger charge is 2.20. The predicted molar refractivity (Wildman–Crippen MR) is 182 cm³/mol. The summed E-state index contributed by atoms with van der Waals surface area (Å²) in [4.78, 5) is -1.30. The van der Waals surface area contributed by atoms with E-state index in [1.807, 2.05) is 6.07 Å². The van der Waals surface area contributed by atoms with Crippen LogP contribution in [0.15, 0.2) is 150 Å². The zero-order valence-electron chi connectivity index (χ0n) is 24.8. The molecule has 0 bridgehead atoms. The number of fused-ring (bicyclic) bond motifs is 2. The number of benzene rings is 6. The number of rotatable bonds is 9. The molecule has 0 saturated carbocycles. The molecule has 248 valence electrons. The van der Waals surface area contributed by atoms with Crippen molar-refractivity contribution in [2.75, 3.05) is 5.32 Å². The number of nitrogens with one attached hydrogen (secondary N) is 1. The van der Waals surface area contributed by atoms with Gasteiger partial charge in [-0.15, -0.1) is 20.5 Å². The Morgan fingerprint density at radius 1 is 0.449 bits per heavy atom. The molecule has 0 radical (unpaired) electrons. The standard InChI is InChI=1S/C32H23N5O9S3/c38-47(39,40)21-13-14-22-24(19-21)27(16-15-25(22)34-37-28-10-4-5-11-30(28)48(41,42)43)36-35-26-17-18-29(33-20-7-2-1-3-8-20)32-23(26)9-6-12-31(32)49(44,45)46/h1-19,33H,(H,38,39,40)(H,41,42,43)(H,44,45,46). The van der Waals surface area contributed by atoms with Gasteiger partial charge in [0, 0.05) is 32.9 Å². The van der Waals surface area contributed by atoms with E-state index < -0.39 is 40.1 Å². The van der Waals surface area contributed by atoms with Gasteiger partial charge in [0.25, 0.3) is 30.4 Å². The lowest BCUT2D eigenvalue weighted by molar-refractivity contribution is 0.481. The maximum absolute atomic E-state index is 12.4. The Balaban J connectivity index is 1.49. The van der Waals surface area contributed by atoms with Crippen LogP contribution in [-0.2, 0) is 30.4 Å². The molecule has 0 aliphatic heterocycles. The summed E-state index contributed by atoms with van der Waals surface area (Å²) in [6.45, 7) is 0. The molecule has 0 fully saturated rings. The quantitative estimate of drug-likeness (QED) is 0.0826. The normalized spacial score (nSPS) is 12.7. The summed E-state index contributed by atoms with van der Waals surface area (Å²) >= 11 is 0. The molecule has 0 heterocycles. The molecule has 0 amide bonds. The monoisotopic (exact) mass is 717 g/mol. The molecule has 49 heavy (non-hydrogen) atoms. The van der Waals surface area contributed by atoms with Crippen molar-refractivity contribution >= 4 is 86.0 Å².